The number of rotatable bonds is 7. The number of aromatic nitrogens is 1. The van der Waals surface area contributed by atoms with Crippen LogP contribution in [-0.4, -0.2) is 60.6 Å². The fourth-order valence-electron chi connectivity index (χ4n) is 3.51. The first-order valence-electron chi connectivity index (χ1n) is 9.34. The lowest BCUT2D eigenvalue weighted by molar-refractivity contribution is 0.181. The van der Waals surface area contributed by atoms with Gasteiger partial charge in [-0.1, -0.05) is 6.92 Å². The number of hydrogen-bond acceptors (Lipinski definition) is 2. The number of halogens is 1. The van der Waals surface area contributed by atoms with Gasteiger partial charge in [-0.3, -0.25) is 4.99 Å². The highest BCUT2D eigenvalue weighted by molar-refractivity contribution is 14.0. The first kappa shape index (κ1) is 22.3. The van der Waals surface area contributed by atoms with Crippen LogP contribution in [0.25, 0.3) is 0 Å². The summed E-state index contributed by atoms with van der Waals surface area (Å²) in [6, 6.07) is 4.24. The van der Waals surface area contributed by atoms with Crippen LogP contribution in [0.2, 0.25) is 0 Å². The van der Waals surface area contributed by atoms with Crippen LogP contribution in [0.5, 0.6) is 0 Å². The molecule has 1 aliphatic heterocycles. The zero-order valence-corrected chi connectivity index (χ0v) is 18.7. The molecule has 1 fully saturated rings. The highest BCUT2D eigenvalue weighted by Crippen LogP contribution is 2.15. The fraction of sp³-hybridized carbons (Fsp3) is 0.737. The Bertz CT molecular complexity index is 514. The summed E-state index contributed by atoms with van der Waals surface area (Å²) in [6.45, 7) is 8.06. The topological polar surface area (TPSA) is 35.8 Å². The van der Waals surface area contributed by atoms with Crippen LogP contribution >= 0.6 is 24.0 Å². The van der Waals surface area contributed by atoms with Crippen molar-refractivity contribution < 1.29 is 0 Å². The molecule has 0 aromatic carbocycles. The molecule has 25 heavy (non-hydrogen) atoms. The first-order valence-corrected chi connectivity index (χ1v) is 9.34. The second-order valence-corrected chi connectivity index (χ2v) is 7.20. The van der Waals surface area contributed by atoms with E-state index in [0.29, 0.717) is 0 Å². The van der Waals surface area contributed by atoms with Gasteiger partial charge in [0, 0.05) is 46.1 Å². The van der Waals surface area contributed by atoms with Gasteiger partial charge >= 0.3 is 0 Å². The summed E-state index contributed by atoms with van der Waals surface area (Å²) >= 11 is 0. The van der Waals surface area contributed by atoms with E-state index >= 15 is 0 Å². The summed E-state index contributed by atoms with van der Waals surface area (Å²) in [6.07, 6.45) is 7.32. The second kappa shape index (κ2) is 11.8. The van der Waals surface area contributed by atoms with Crippen LogP contribution in [0.3, 0.4) is 0 Å². The maximum atomic E-state index is 4.41. The van der Waals surface area contributed by atoms with Crippen LogP contribution in [0.15, 0.2) is 23.3 Å². The van der Waals surface area contributed by atoms with E-state index < -0.39 is 0 Å². The Morgan fingerprint density at radius 3 is 2.84 bits per heavy atom. The van der Waals surface area contributed by atoms with Gasteiger partial charge in [-0.05, 0) is 56.8 Å². The molecule has 1 unspecified atom stereocenters. The molecule has 1 N–H and O–H groups in total. The Labute approximate surface area is 170 Å². The highest BCUT2D eigenvalue weighted by Gasteiger charge is 2.15. The quantitative estimate of drug-likeness (QED) is 0.293. The molecule has 1 atom stereocenters. The molecule has 0 radical (unpaired) electrons. The van der Waals surface area contributed by atoms with Gasteiger partial charge in [0.05, 0.1) is 6.54 Å². The van der Waals surface area contributed by atoms with Gasteiger partial charge < -0.3 is 19.7 Å². The summed E-state index contributed by atoms with van der Waals surface area (Å²) in [5, 5.41) is 3.50. The number of nitrogens with zero attached hydrogens (tertiary/aromatic N) is 4. The minimum atomic E-state index is 0. The van der Waals surface area contributed by atoms with Gasteiger partial charge in [0.25, 0.3) is 0 Å². The van der Waals surface area contributed by atoms with Crippen LogP contribution in [0.4, 0.5) is 0 Å². The van der Waals surface area contributed by atoms with E-state index in [1.54, 1.807) is 0 Å². The molecule has 144 valence electrons. The van der Waals surface area contributed by atoms with Crippen molar-refractivity contribution in [3.63, 3.8) is 0 Å². The normalized spacial score (nSPS) is 18.7. The van der Waals surface area contributed by atoms with Crippen molar-refractivity contribution in [1.29, 1.82) is 0 Å². The number of hydrogen-bond donors (Lipinski definition) is 1. The van der Waals surface area contributed by atoms with E-state index in [4.69, 9.17) is 0 Å². The van der Waals surface area contributed by atoms with Crippen molar-refractivity contribution in [3.8, 4) is 0 Å². The van der Waals surface area contributed by atoms with Crippen molar-refractivity contribution in [1.82, 2.24) is 19.7 Å². The number of guanidine groups is 1. The number of piperidine rings is 1. The Morgan fingerprint density at radius 2 is 2.20 bits per heavy atom. The Kier molecular flexibility index (Phi) is 10.5. The average Bonchev–Trinajstić information content (AvgIpc) is 2.96. The van der Waals surface area contributed by atoms with Crippen LogP contribution in [0, 0.1) is 5.92 Å². The maximum absolute atomic E-state index is 4.41. The van der Waals surface area contributed by atoms with E-state index in [9.17, 15) is 0 Å². The lowest BCUT2D eigenvalue weighted by Gasteiger charge is -2.30. The monoisotopic (exact) mass is 461 g/mol. The number of nitrogens with one attached hydrogen (secondary N) is 1. The molecule has 0 aliphatic carbocycles. The van der Waals surface area contributed by atoms with Gasteiger partial charge in [-0.15, -0.1) is 24.0 Å². The number of aliphatic imine (C=N–C) groups is 1. The molecule has 0 bridgehead atoms. The third-order valence-corrected chi connectivity index (χ3v) is 4.95. The summed E-state index contributed by atoms with van der Waals surface area (Å²) in [5.41, 5.74) is 1.29. The van der Waals surface area contributed by atoms with Gasteiger partial charge in [0.2, 0.25) is 0 Å². The van der Waals surface area contributed by atoms with Gasteiger partial charge in [0.15, 0.2) is 5.96 Å². The molecule has 2 rings (SSSR count). The zero-order chi connectivity index (χ0) is 17.4. The molecule has 1 aromatic heterocycles. The molecular formula is C19H36IN5. The molecule has 2 heterocycles. The van der Waals surface area contributed by atoms with Crippen LogP contribution in [0.1, 0.15) is 38.3 Å². The summed E-state index contributed by atoms with van der Waals surface area (Å²) in [7, 11) is 6.04. The third kappa shape index (κ3) is 7.56. The fourth-order valence-corrected chi connectivity index (χ4v) is 3.51. The molecule has 0 amide bonds. The summed E-state index contributed by atoms with van der Waals surface area (Å²) in [4.78, 5) is 9.22. The van der Waals surface area contributed by atoms with Crippen molar-refractivity contribution in [2.24, 2.45) is 18.0 Å². The van der Waals surface area contributed by atoms with Crippen molar-refractivity contribution in [3.05, 3.63) is 24.0 Å². The standard InChI is InChI=1S/C19H35N5.HI/c1-17-9-7-14-24(15-17)13-6-5-11-21-19(20-2)23(4)16-18-10-8-12-22(18)3;/h8,10,12,17H,5-7,9,11,13-16H2,1-4H3,(H,20,21);1H. The molecule has 1 aromatic rings. The molecule has 0 spiro atoms. The summed E-state index contributed by atoms with van der Waals surface area (Å²) < 4.78 is 2.16. The second-order valence-electron chi connectivity index (χ2n) is 7.20. The number of likely N-dealkylation sites (tertiary alicyclic amines) is 1. The van der Waals surface area contributed by atoms with E-state index in [0.717, 1.165) is 25.0 Å². The highest BCUT2D eigenvalue weighted by atomic mass is 127. The molecule has 1 aliphatic rings. The van der Waals surface area contributed by atoms with Gasteiger partial charge in [-0.25, -0.2) is 0 Å². The minimum Gasteiger partial charge on any atom is -0.356 e. The number of unbranched alkanes of at least 4 members (excludes halogenated alkanes) is 1. The van der Waals surface area contributed by atoms with Gasteiger partial charge in [0.1, 0.15) is 0 Å². The lowest BCUT2D eigenvalue weighted by atomic mass is 10.0. The van der Waals surface area contributed by atoms with E-state index in [1.165, 1.54) is 51.0 Å². The maximum Gasteiger partial charge on any atom is 0.193 e. The van der Waals surface area contributed by atoms with Crippen molar-refractivity contribution in [2.45, 2.75) is 39.2 Å². The van der Waals surface area contributed by atoms with Crippen LogP contribution in [-0.2, 0) is 13.6 Å². The molecule has 6 heteroatoms. The zero-order valence-electron chi connectivity index (χ0n) is 16.4. The van der Waals surface area contributed by atoms with Gasteiger partial charge in [-0.2, -0.15) is 0 Å². The SMILES string of the molecule is CN=C(NCCCCN1CCCC(C)C1)N(C)Cc1cccn1C.I. The van der Waals surface area contributed by atoms with E-state index in [-0.39, 0.29) is 24.0 Å². The number of aryl methyl sites for hydroxylation is 1. The minimum absolute atomic E-state index is 0. The smallest absolute Gasteiger partial charge is 0.193 e. The van der Waals surface area contributed by atoms with E-state index in [1.807, 2.05) is 7.05 Å². The molecular weight excluding hydrogens is 425 g/mol. The van der Waals surface area contributed by atoms with Crippen molar-refractivity contribution >= 4 is 29.9 Å². The largest absolute Gasteiger partial charge is 0.356 e. The molecule has 0 saturated carbocycles. The summed E-state index contributed by atoms with van der Waals surface area (Å²) in [5.74, 6) is 1.85. The van der Waals surface area contributed by atoms with Crippen LogP contribution < -0.4 is 5.32 Å². The van der Waals surface area contributed by atoms with Crippen molar-refractivity contribution in [2.75, 3.05) is 40.3 Å². The predicted molar refractivity (Wildman–Crippen MR) is 118 cm³/mol. The average molecular weight is 461 g/mol. The lowest BCUT2D eigenvalue weighted by Crippen LogP contribution is -2.39. The molecule has 1 saturated heterocycles. The Morgan fingerprint density at radius 1 is 1.40 bits per heavy atom. The Hall–Kier alpha value is -0.760. The molecule has 5 nitrogen and oxygen atoms in total. The predicted octanol–water partition coefficient (Wildman–Crippen LogP) is 3.16. The third-order valence-electron chi connectivity index (χ3n) is 4.95. The van der Waals surface area contributed by atoms with E-state index in [2.05, 4.69) is 64.0 Å². The Balaban J connectivity index is 0.00000312. The first-order chi connectivity index (χ1) is 11.6.